The molecule has 0 saturated carbocycles. The molecule has 0 aliphatic carbocycles. The molecular weight excluding hydrogens is 342 g/mol. The van der Waals surface area contributed by atoms with E-state index in [1.54, 1.807) is 11.8 Å². The molecule has 0 fully saturated rings. The molecule has 0 amide bonds. The van der Waals surface area contributed by atoms with Gasteiger partial charge in [-0.05, 0) is 58.2 Å². The van der Waals surface area contributed by atoms with E-state index < -0.39 is 0 Å². The zero-order valence-electron chi connectivity index (χ0n) is 10.6. The molecule has 0 heterocycles. The van der Waals surface area contributed by atoms with Gasteiger partial charge in [0.2, 0.25) is 0 Å². The van der Waals surface area contributed by atoms with Crippen LogP contribution in [0.15, 0.2) is 51.8 Å². The number of hydrogen-bond acceptors (Lipinski definition) is 2. The number of benzene rings is 2. The zero-order chi connectivity index (χ0) is 13.8. The normalized spacial score (nSPS) is 12.4. The van der Waals surface area contributed by atoms with Gasteiger partial charge < -0.3 is 5.73 Å². The topological polar surface area (TPSA) is 26.0 Å². The van der Waals surface area contributed by atoms with Crippen LogP contribution in [0.25, 0.3) is 0 Å². The van der Waals surface area contributed by atoms with E-state index in [9.17, 15) is 0 Å². The van der Waals surface area contributed by atoms with Crippen LogP contribution in [0.4, 0.5) is 0 Å². The van der Waals surface area contributed by atoms with Gasteiger partial charge in [-0.3, -0.25) is 0 Å². The van der Waals surface area contributed by atoms with E-state index in [0.29, 0.717) is 0 Å². The van der Waals surface area contributed by atoms with Crippen molar-refractivity contribution < 1.29 is 0 Å². The molecule has 2 N–H and O–H groups in total. The minimum atomic E-state index is 0.0617. The summed E-state index contributed by atoms with van der Waals surface area (Å²) in [7, 11) is 0. The lowest BCUT2D eigenvalue weighted by Crippen LogP contribution is -2.04. The van der Waals surface area contributed by atoms with E-state index in [0.717, 1.165) is 20.8 Å². The lowest BCUT2D eigenvalue weighted by molar-refractivity contribution is 0.815. The molecule has 0 aromatic heterocycles. The third-order valence-electron chi connectivity index (χ3n) is 2.79. The Morgan fingerprint density at radius 2 is 1.89 bits per heavy atom. The fraction of sp³-hybridized carbons (Fsp3) is 0.200. The fourth-order valence-electron chi connectivity index (χ4n) is 1.66. The highest BCUT2D eigenvalue weighted by Crippen LogP contribution is 2.32. The largest absolute Gasteiger partial charge is 0.324 e. The first-order chi connectivity index (χ1) is 9.06. The molecule has 0 radical (unpaired) electrons. The van der Waals surface area contributed by atoms with Gasteiger partial charge in [0.25, 0.3) is 0 Å². The maximum atomic E-state index is 5.87. The lowest BCUT2D eigenvalue weighted by atomic mass is 10.1. The Labute approximate surface area is 131 Å². The van der Waals surface area contributed by atoms with Crippen molar-refractivity contribution in [1.29, 1.82) is 0 Å². The van der Waals surface area contributed by atoms with Crippen LogP contribution in [0.5, 0.6) is 0 Å². The highest BCUT2D eigenvalue weighted by Gasteiger charge is 2.05. The van der Waals surface area contributed by atoms with E-state index in [2.05, 4.69) is 46.3 Å². The van der Waals surface area contributed by atoms with Gasteiger partial charge in [0.05, 0.1) is 0 Å². The molecule has 1 atom stereocenters. The van der Waals surface area contributed by atoms with Crippen molar-refractivity contribution in [3.8, 4) is 0 Å². The van der Waals surface area contributed by atoms with Crippen molar-refractivity contribution in [2.24, 2.45) is 5.73 Å². The Bertz CT molecular complexity index is 555. The average Bonchev–Trinajstić information content (AvgIpc) is 2.39. The van der Waals surface area contributed by atoms with Gasteiger partial charge in [-0.2, -0.15) is 0 Å². The van der Waals surface area contributed by atoms with Crippen LogP contribution in [0.3, 0.4) is 0 Å². The average molecular weight is 357 g/mol. The number of hydrogen-bond donors (Lipinski definition) is 1. The second-order valence-corrected chi connectivity index (χ2v) is 6.70. The highest BCUT2D eigenvalue weighted by molar-refractivity contribution is 9.10. The summed E-state index contributed by atoms with van der Waals surface area (Å²) in [5.74, 6) is 0.924. The van der Waals surface area contributed by atoms with Gasteiger partial charge >= 0.3 is 0 Å². The maximum absolute atomic E-state index is 5.87. The summed E-state index contributed by atoms with van der Waals surface area (Å²) in [6, 6.07) is 14.3. The predicted octanol–water partition coefficient (Wildman–Crippen LogP) is 5.41. The Balaban J connectivity index is 2.05. The monoisotopic (exact) mass is 355 g/mol. The van der Waals surface area contributed by atoms with E-state index in [-0.39, 0.29) is 6.04 Å². The van der Waals surface area contributed by atoms with Crippen molar-refractivity contribution in [2.45, 2.75) is 23.6 Å². The first-order valence-electron chi connectivity index (χ1n) is 5.98. The summed E-state index contributed by atoms with van der Waals surface area (Å²) in [5, 5.41) is 0.774. The van der Waals surface area contributed by atoms with E-state index >= 15 is 0 Å². The molecule has 2 aromatic rings. The SMILES string of the molecule is CC(N)c1ccc(SCc2ccc(Cl)cc2)c(Br)c1. The van der Waals surface area contributed by atoms with Crippen molar-refractivity contribution in [1.82, 2.24) is 0 Å². The molecule has 2 rings (SSSR count). The summed E-state index contributed by atoms with van der Waals surface area (Å²) >= 11 is 11.3. The summed E-state index contributed by atoms with van der Waals surface area (Å²) in [6.45, 7) is 1.99. The Hall–Kier alpha value is -0.480. The quantitative estimate of drug-likeness (QED) is 0.741. The number of nitrogens with two attached hydrogens (primary N) is 1. The van der Waals surface area contributed by atoms with E-state index in [1.165, 1.54) is 10.5 Å². The molecule has 100 valence electrons. The fourth-order valence-corrected chi connectivity index (χ4v) is 3.40. The van der Waals surface area contributed by atoms with Crippen LogP contribution in [0.2, 0.25) is 5.02 Å². The van der Waals surface area contributed by atoms with Gasteiger partial charge in [-0.15, -0.1) is 11.8 Å². The third-order valence-corrected chi connectivity index (χ3v) is 5.10. The van der Waals surface area contributed by atoms with Crippen LogP contribution < -0.4 is 5.73 Å². The van der Waals surface area contributed by atoms with Gasteiger partial charge in [-0.1, -0.05) is 29.8 Å². The second kappa shape index (κ2) is 6.80. The number of halogens is 2. The third kappa shape index (κ3) is 4.25. The Morgan fingerprint density at radius 3 is 2.47 bits per heavy atom. The summed E-state index contributed by atoms with van der Waals surface area (Å²) in [4.78, 5) is 1.22. The minimum absolute atomic E-state index is 0.0617. The molecule has 0 saturated heterocycles. The summed E-state index contributed by atoms with van der Waals surface area (Å²) in [6.07, 6.45) is 0. The molecular formula is C15H15BrClNS. The van der Waals surface area contributed by atoms with Crippen LogP contribution in [-0.4, -0.2) is 0 Å². The van der Waals surface area contributed by atoms with Crippen molar-refractivity contribution in [3.63, 3.8) is 0 Å². The van der Waals surface area contributed by atoms with E-state index in [1.807, 2.05) is 19.1 Å². The minimum Gasteiger partial charge on any atom is -0.324 e. The maximum Gasteiger partial charge on any atom is 0.0406 e. The molecule has 1 unspecified atom stereocenters. The molecule has 1 nitrogen and oxygen atoms in total. The van der Waals surface area contributed by atoms with E-state index in [4.69, 9.17) is 17.3 Å². The Morgan fingerprint density at radius 1 is 1.21 bits per heavy atom. The predicted molar refractivity (Wildman–Crippen MR) is 87.8 cm³/mol. The van der Waals surface area contributed by atoms with Gasteiger partial charge in [-0.25, -0.2) is 0 Å². The first kappa shape index (κ1) is 14.9. The molecule has 0 aliphatic rings. The molecule has 0 aliphatic heterocycles. The lowest BCUT2D eigenvalue weighted by Gasteiger charge is -2.09. The van der Waals surface area contributed by atoms with Crippen LogP contribution in [-0.2, 0) is 5.75 Å². The molecule has 4 heteroatoms. The van der Waals surface area contributed by atoms with Gasteiger partial charge in [0.1, 0.15) is 0 Å². The zero-order valence-corrected chi connectivity index (χ0v) is 13.7. The van der Waals surface area contributed by atoms with Gasteiger partial charge in [0.15, 0.2) is 0 Å². The van der Waals surface area contributed by atoms with Crippen LogP contribution >= 0.6 is 39.3 Å². The smallest absolute Gasteiger partial charge is 0.0406 e. The van der Waals surface area contributed by atoms with Gasteiger partial charge in [0, 0.05) is 26.2 Å². The summed E-state index contributed by atoms with van der Waals surface area (Å²) < 4.78 is 1.10. The molecule has 0 spiro atoms. The Kier molecular flexibility index (Phi) is 5.34. The second-order valence-electron chi connectivity index (χ2n) is 4.39. The number of thioether (sulfide) groups is 1. The highest BCUT2D eigenvalue weighted by atomic mass is 79.9. The van der Waals surface area contributed by atoms with Crippen molar-refractivity contribution in [2.75, 3.05) is 0 Å². The number of rotatable bonds is 4. The van der Waals surface area contributed by atoms with Crippen molar-refractivity contribution >= 4 is 39.3 Å². The molecule has 19 heavy (non-hydrogen) atoms. The van der Waals surface area contributed by atoms with Crippen molar-refractivity contribution in [3.05, 3.63) is 63.1 Å². The summed E-state index contributed by atoms with van der Waals surface area (Å²) in [5.41, 5.74) is 8.27. The van der Waals surface area contributed by atoms with Crippen LogP contribution in [0.1, 0.15) is 24.1 Å². The molecule has 0 bridgehead atoms. The van der Waals surface area contributed by atoms with Crippen LogP contribution in [0, 0.1) is 0 Å². The standard InChI is InChI=1S/C15H15BrClNS/c1-10(18)12-4-7-15(14(16)8-12)19-9-11-2-5-13(17)6-3-11/h2-8,10H,9,18H2,1H3. The first-order valence-corrected chi connectivity index (χ1v) is 8.14. The molecule has 2 aromatic carbocycles.